The van der Waals surface area contributed by atoms with Gasteiger partial charge in [-0.25, -0.2) is 0 Å². The van der Waals surface area contributed by atoms with E-state index in [9.17, 15) is 19.8 Å². The van der Waals surface area contributed by atoms with Crippen LogP contribution in [0.15, 0.2) is 24.3 Å². The monoisotopic (exact) mass is 327 g/mol. The second-order valence-electron chi connectivity index (χ2n) is 5.49. The first-order valence-corrected chi connectivity index (χ1v) is 7.42. The van der Waals surface area contributed by atoms with Crippen LogP contribution in [0.3, 0.4) is 0 Å². The fraction of sp³-hybridized carbons (Fsp3) is 0.176. The van der Waals surface area contributed by atoms with Crippen LogP contribution in [0.4, 0.5) is 11.4 Å². The number of nitrogen functional groups attached to an aromatic ring is 1. The van der Waals surface area contributed by atoms with Crippen LogP contribution in [0.2, 0.25) is 0 Å². The fourth-order valence-electron chi connectivity index (χ4n) is 2.86. The minimum absolute atomic E-state index is 0.0443. The molecule has 0 fully saturated rings. The van der Waals surface area contributed by atoms with Gasteiger partial charge in [-0.1, -0.05) is 0 Å². The van der Waals surface area contributed by atoms with Crippen LogP contribution < -0.4 is 16.4 Å². The number of benzene rings is 2. The van der Waals surface area contributed by atoms with E-state index in [1.54, 1.807) is 13.1 Å². The number of phenols is 2. The van der Waals surface area contributed by atoms with Gasteiger partial charge in [0.2, 0.25) is 11.6 Å². The van der Waals surface area contributed by atoms with Gasteiger partial charge >= 0.3 is 0 Å². The van der Waals surface area contributed by atoms with Gasteiger partial charge in [0.1, 0.15) is 11.5 Å². The van der Waals surface area contributed by atoms with Crippen LogP contribution in [-0.4, -0.2) is 41.9 Å². The quantitative estimate of drug-likeness (QED) is 0.276. The van der Waals surface area contributed by atoms with Crippen LogP contribution in [0, 0.1) is 0 Å². The number of hydrogen-bond acceptors (Lipinski definition) is 7. The molecule has 24 heavy (non-hydrogen) atoms. The number of rotatable bonds is 4. The molecule has 0 unspecified atom stereocenters. The molecule has 7 nitrogen and oxygen atoms in total. The third-order valence-corrected chi connectivity index (χ3v) is 4.00. The molecule has 7 heteroatoms. The lowest BCUT2D eigenvalue weighted by atomic mass is 9.81. The molecule has 2 aromatic rings. The van der Waals surface area contributed by atoms with Gasteiger partial charge in [-0.2, -0.15) is 0 Å². The standard InChI is InChI=1S/C17H17N3O4/c1-19-6-7-20-9-3-2-8(18)12-13(9)17(24)15-11(22)5-4-10(21)14(15)16(12)23/h2-5,19-22H,6-7,18H2,1H3. The normalized spacial score (nSPS) is 12.7. The summed E-state index contributed by atoms with van der Waals surface area (Å²) in [6.07, 6.45) is 0. The lowest BCUT2D eigenvalue weighted by molar-refractivity contribution is 0.0975. The number of ketones is 2. The number of nitrogens with two attached hydrogens (primary N) is 1. The topological polar surface area (TPSA) is 125 Å². The van der Waals surface area contributed by atoms with Crippen molar-refractivity contribution >= 4 is 22.9 Å². The molecular weight excluding hydrogens is 310 g/mol. The van der Waals surface area contributed by atoms with E-state index in [4.69, 9.17) is 5.73 Å². The Morgan fingerprint density at radius 1 is 0.875 bits per heavy atom. The van der Waals surface area contributed by atoms with Gasteiger partial charge < -0.3 is 26.6 Å². The molecule has 0 bridgehead atoms. The van der Waals surface area contributed by atoms with E-state index in [1.165, 1.54) is 18.2 Å². The lowest BCUT2D eigenvalue weighted by Crippen LogP contribution is -2.25. The summed E-state index contributed by atoms with van der Waals surface area (Å²) in [6.45, 7) is 1.19. The van der Waals surface area contributed by atoms with Crippen molar-refractivity contribution in [1.82, 2.24) is 5.32 Å². The van der Waals surface area contributed by atoms with Crippen LogP contribution in [-0.2, 0) is 0 Å². The van der Waals surface area contributed by atoms with Crippen molar-refractivity contribution in [3.63, 3.8) is 0 Å². The summed E-state index contributed by atoms with van der Waals surface area (Å²) < 4.78 is 0. The first-order valence-electron chi connectivity index (χ1n) is 7.42. The summed E-state index contributed by atoms with van der Waals surface area (Å²) in [7, 11) is 1.80. The largest absolute Gasteiger partial charge is 0.507 e. The second kappa shape index (κ2) is 5.86. The lowest BCUT2D eigenvalue weighted by Gasteiger charge is -2.23. The molecule has 0 aromatic heterocycles. The number of carbonyl (C=O) groups is 2. The van der Waals surface area contributed by atoms with Gasteiger partial charge in [-0.15, -0.1) is 0 Å². The minimum Gasteiger partial charge on any atom is -0.507 e. The number of anilines is 2. The fourth-order valence-corrected chi connectivity index (χ4v) is 2.86. The zero-order valence-corrected chi connectivity index (χ0v) is 13.0. The highest BCUT2D eigenvalue weighted by atomic mass is 16.3. The number of hydrogen-bond donors (Lipinski definition) is 5. The second-order valence-corrected chi connectivity index (χ2v) is 5.49. The van der Waals surface area contributed by atoms with E-state index in [2.05, 4.69) is 10.6 Å². The van der Waals surface area contributed by atoms with Gasteiger partial charge in [-0.05, 0) is 31.3 Å². The molecular formula is C17H17N3O4. The molecule has 0 heterocycles. The van der Waals surface area contributed by atoms with Crippen LogP contribution in [0.1, 0.15) is 31.8 Å². The zero-order valence-electron chi connectivity index (χ0n) is 13.0. The summed E-state index contributed by atoms with van der Waals surface area (Å²) in [4.78, 5) is 25.7. The average Bonchev–Trinajstić information content (AvgIpc) is 2.56. The Morgan fingerprint density at radius 2 is 1.46 bits per heavy atom. The molecule has 1 aliphatic rings. The number of aromatic hydroxyl groups is 2. The molecule has 0 saturated heterocycles. The molecule has 0 radical (unpaired) electrons. The molecule has 0 aliphatic heterocycles. The predicted octanol–water partition coefficient (Wildman–Crippen LogP) is 1.09. The molecule has 0 atom stereocenters. The smallest absolute Gasteiger partial charge is 0.200 e. The van der Waals surface area contributed by atoms with E-state index in [1.807, 2.05) is 0 Å². The first-order chi connectivity index (χ1) is 11.5. The van der Waals surface area contributed by atoms with Gasteiger partial charge in [-0.3, -0.25) is 9.59 Å². The van der Waals surface area contributed by atoms with Crippen LogP contribution in [0.25, 0.3) is 0 Å². The first kappa shape index (κ1) is 15.8. The van der Waals surface area contributed by atoms with Crippen molar-refractivity contribution in [2.45, 2.75) is 0 Å². The Bertz CT molecular complexity index is 861. The molecule has 3 rings (SSSR count). The van der Waals surface area contributed by atoms with Crippen LogP contribution >= 0.6 is 0 Å². The molecule has 2 aromatic carbocycles. The SMILES string of the molecule is CNCCNc1ccc(N)c2c1C(=O)c1c(O)ccc(O)c1C2=O. The summed E-state index contributed by atoms with van der Waals surface area (Å²) in [5.41, 5.74) is 6.26. The van der Waals surface area contributed by atoms with E-state index in [0.717, 1.165) is 0 Å². The number of fused-ring (bicyclic) bond motifs is 2. The Kier molecular flexibility index (Phi) is 3.86. The highest BCUT2D eigenvalue weighted by Gasteiger charge is 2.37. The molecule has 1 aliphatic carbocycles. The molecule has 124 valence electrons. The summed E-state index contributed by atoms with van der Waals surface area (Å²) in [5, 5.41) is 26.1. The van der Waals surface area contributed by atoms with Gasteiger partial charge in [0.05, 0.1) is 22.3 Å². The maximum absolute atomic E-state index is 12.9. The van der Waals surface area contributed by atoms with Gasteiger partial charge in [0, 0.05) is 24.5 Å². The number of carbonyl (C=O) groups excluding carboxylic acids is 2. The Morgan fingerprint density at radius 3 is 2.04 bits per heavy atom. The zero-order chi connectivity index (χ0) is 17.4. The highest BCUT2D eigenvalue weighted by Crippen LogP contribution is 2.41. The third kappa shape index (κ3) is 2.26. The Hall–Kier alpha value is -3.06. The van der Waals surface area contributed by atoms with Crippen LogP contribution in [0.5, 0.6) is 11.5 Å². The minimum atomic E-state index is -0.581. The van der Waals surface area contributed by atoms with E-state index in [0.29, 0.717) is 18.8 Å². The number of phenolic OH excluding ortho intramolecular Hbond substituents is 2. The van der Waals surface area contributed by atoms with Crippen molar-refractivity contribution in [3.05, 3.63) is 46.5 Å². The van der Waals surface area contributed by atoms with E-state index >= 15 is 0 Å². The maximum atomic E-state index is 12.9. The summed E-state index contributed by atoms with van der Waals surface area (Å²) >= 11 is 0. The van der Waals surface area contributed by atoms with Crippen molar-refractivity contribution < 1.29 is 19.8 Å². The average molecular weight is 327 g/mol. The highest BCUT2D eigenvalue weighted by molar-refractivity contribution is 6.33. The number of likely N-dealkylation sites (N-methyl/N-ethyl adjacent to an activating group) is 1. The van der Waals surface area contributed by atoms with E-state index < -0.39 is 11.6 Å². The third-order valence-electron chi connectivity index (χ3n) is 4.00. The van der Waals surface area contributed by atoms with E-state index in [-0.39, 0.29) is 39.4 Å². The molecule has 0 amide bonds. The predicted molar refractivity (Wildman–Crippen MR) is 89.9 cm³/mol. The molecule has 0 spiro atoms. The molecule has 6 N–H and O–H groups in total. The van der Waals surface area contributed by atoms with Crippen molar-refractivity contribution in [2.24, 2.45) is 0 Å². The Labute approximate surface area is 138 Å². The van der Waals surface area contributed by atoms with Crippen molar-refractivity contribution in [1.29, 1.82) is 0 Å². The summed E-state index contributed by atoms with van der Waals surface area (Å²) in [5.74, 6) is -1.84. The van der Waals surface area contributed by atoms with Crippen molar-refractivity contribution in [2.75, 3.05) is 31.2 Å². The summed E-state index contributed by atoms with van der Waals surface area (Å²) in [6, 6.07) is 5.52. The van der Waals surface area contributed by atoms with Gasteiger partial charge in [0.15, 0.2) is 0 Å². The Balaban J connectivity index is 2.22. The van der Waals surface area contributed by atoms with Gasteiger partial charge in [0.25, 0.3) is 0 Å². The number of nitrogens with one attached hydrogen (secondary N) is 2. The maximum Gasteiger partial charge on any atom is 0.200 e. The molecule has 0 saturated carbocycles. The van der Waals surface area contributed by atoms with Crippen molar-refractivity contribution in [3.8, 4) is 11.5 Å².